The Labute approximate surface area is 115 Å². The minimum atomic E-state index is -4.37. The van der Waals surface area contributed by atoms with Gasteiger partial charge in [0.2, 0.25) is 0 Å². The van der Waals surface area contributed by atoms with Gasteiger partial charge in [0.15, 0.2) is 0 Å². The van der Waals surface area contributed by atoms with Gasteiger partial charge in [0.25, 0.3) is 5.69 Å². The lowest BCUT2D eigenvalue weighted by Crippen LogP contribution is -2.20. The van der Waals surface area contributed by atoms with E-state index in [1.165, 1.54) is 18.2 Å². The highest BCUT2D eigenvalue weighted by molar-refractivity contribution is 9.10. The van der Waals surface area contributed by atoms with Gasteiger partial charge in [0, 0.05) is 17.1 Å². The number of hydrogen-bond acceptors (Lipinski definition) is 4. The SMILES string of the molecule is O=[N+]([O-])c1ccc(Br)cc1NCCOCC(F)(F)F. The molecule has 0 fully saturated rings. The van der Waals surface area contributed by atoms with Crippen molar-refractivity contribution in [1.29, 1.82) is 0 Å². The molecule has 1 N–H and O–H groups in total. The van der Waals surface area contributed by atoms with Crippen LogP contribution in [0.3, 0.4) is 0 Å². The lowest BCUT2D eigenvalue weighted by Gasteiger charge is -2.09. The summed E-state index contributed by atoms with van der Waals surface area (Å²) in [5.41, 5.74) is 0.0639. The number of anilines is 1. The normalized spacial score (nSPS) is 11.4. The topological polar surface area (TPSA) is 64.4 Å². The molecule has 0 aliphatic heterocycles. The van der Waals surface area contributed by atoms with Crippen LogP contribution in [0.4, 0.5) is 24.5 Å². The van der Waals surface area contributed by atoms with Crippen LogP contribution < -0.4 is 5.32 Å². The van der Waals surface area contributed by atoms with E-state index in [9.17, 15) is 23.3 Å². The lowest BCUT2D eigenvalue weighted by molar-refractivity contribution is -0.384. The molecule has 0 spiro atoms. The van der Waals surface area contributed by atoms with Crippen LogP contribution in [0.15, 0.2) is 22.7 Å². The van der Waals surface area contributed by atoms with Gasteiger partial charge in [-0.25, -0.2) is 0 Å². The third kappa shape index (κ3) is 5.88. The molecule has 0 heterocycles. The van der Waals surface area contributed by atoms with Crippen molar-refractivity contribution in [3.05, 3.63) is 32.8 Å². The van der Waals surface area contributed by atoms with Gasteiger partial charge in [-0.3, -0.25) is 10.1 Å². The molecule has 1 aromatic carbocycles. The zero-order valence-electron chi connectivity index (χ0n) is 9.54. The number of nitrogens with one attached hydrogen (secondary N) is 1. The molecule has 0 bridgehead atoms. The fourth-order valence-electron chi connectivity index (χ4n) is 1.25. The van der Waals surface area contributed by atoms with Crippen LogP contribution in [0.25, 0.3) is 0 Å². The Morgan fingerprint density at radius 1 is 1.42 bits per heavy atom. The van der Waals surface area contributed by atoms with Gasteiger partial charge in [-0.1, -0.05) is 15.9 Å². The Morgan fingerprint density at radius 2 is 2.11 bits per heavy atom. The second-order valence-corrected chi connectivity index (χ2v) is 4.43. The average Bonchev–Trinajstić information content (AvgIpc) is 2.26. The highest BCUT2D eigenvalue weighted by Crippen LogP contribution is 2.27. The highest BCUT2D eigenvalue weighted by atomic mass is 79.9. The fourth-order valence-corrected chi connectivity index (χ4v) is 1.62. The second kappa shape index (κ2) is 6.71. The van der Waals surface area contributed by atoms with Gasteiger partial charge in [0.1, 0.15) is 12.3 Å². The summed E-state index contributed by atoms with van der Waals surface area (Å²) in [6, 6.07) is 4.27. The number of nitro benzene ring substituents is 1. The van der Waals surface area contributed by atoms with E-state index in [2.05, 4.69) is 26.0 Å². The molecule has 0 atom stereocenters. The van der Waals surface area contributed by atoms with Crippen LogP contribution in [0.5, 0.6) is 0 Å². The predicted molar refractivity (Wildman–Crippen MR) is 66.2 cm³/mol. The van der Waals surface area contributed by atoms with E-state index in [0.717, 1.165) is 0 Å². The monoisotopic (exact) mass is 342 g/mol. The standard InChI is InChI=1S/C10H10BrF3N2O3/c11-7-1-2-9(16(17)18)8(5-7)15-3-4-19-6-10(12,13)14/h1-2,5,15H,3-4,6H2. The molecule has 1 rings (SSSR count). The van der Waals surface area contributed by atoms with Crippen molar-refractivity contribution in [3.63, 3.8) is 0 Å². The minimum absolute atomic E-state index is 0.0351. The molecule has 0 saturated heterocycles. The van der Waals surface area contributed by atoms with E-state index in [4.69, 9.17) is 0 Å². The second-order valence-electron chi connectivity index (χ2n) is 3.51. The Bertz CT molecular complexity index is 454. The molecule has 1 aromatic rings. The van der Waals surface area contributed by atoms with Crippen LogP contribution in [-0.2, 0) is 4.74 Å². The summed E-state index contributed by atoms with van der Waals surface area (Å²) >= 11 is 3.15. The van der Waals surface area contributed by atoms with E-state index in [-0.39, 0.29) is 24.5 Å². The van der Waals surface area contributed by atoms with Crippen molar-refractivity contribution in [3.8, 4) is 0 Å². The van der Waals surface area contributed by atoms with Crippen LogP contribution in [0.1, 0.15) is 0 Å². The maximum atomic E-state index is 11.8. The molecule has 19 heavy (non-hydrogen) atoms. The molecule has 0 aromatic heterocycles. The molecule has 0 aliphatic carbocycles. The number of halogens is 4. The fraction of sp³-hybridized carbons (Fsp3) is 0.400. The smallest absolute Gasteiger partial charge is 0.377 e. The number of hydrogen-bond donors (Lipinski definition) is 1. The first-order chi connectivity index (χ1) is 8.79. The summed E-state index contributed by atoms with van der Waals surface area (Å²) in [5, 5.41) is 13.4. The van der Waals surface area contributed by atoms with Gasteiger partial charge >= 0.3 is 6.18 Å². The Balaban J connectivity index is 2.49. The van der Waals surface area contributed by atoms with E-state index in [1.54, 1.807) is 0 Å². The molecule has 0 aliphatic rings. The molecule has 9 heteroatoms. The summed E-state index contributed by atoms with van der Waals surface area (Å²) in [5.74, 6) is 0. The number of nitro groups is 1. The molecule has 0 unspecified atom stereocenters. The van der Waals surface area contributed by atoms with Crippen molar-refractivity contribution < 1.29 is 22.8 Å². The Hall–Kier alpha value is -1.35. The molecule has 0 amide bonds. The summed E-state index contributed by atoms with van der Waals surface area (Å²) < 4.78 is 40.4. The van der Waals surface area contributed by atoms with Gasteiger partial charge in [0.05, 0.1) is 11.5 Å². The van der Waals surface area contributed by atoms with E-state index >= 15 is 0 Å². The number of rotatable bonds is 6. The van der Waals surface area contributed by atoms with Crippen molar-refractivity contribution in [2.45, 2.75) is 6.18 Å². The zero-order chi connectivity index (χ0) is 14.5. The van der Waals surface area contributed by atoms with Gasteiger partial charge < -0.3 is 10.1 Å². The summed E-state index contributed by atoms with van der Waals surface area (Å²) in [6.45, 7) is -1.51. The summed E-state index contributed by atoms with van der Waals surface area (Å²) in [7, 11) is 0. The first kappa shape index (κ1) is 15.7. The third-order valence-corrected chi connectivity index (χ3v) is 2.48. The molecule has 0 saturated carbocycles. The largest absolute Gasteiger partial charge is 0.411 e. The van der Waals surface area contributed by atoms with Crippen molar-refractivity contribution in [2.75, 3.05) is 25.1 Å². The first-order valence-electron chi connectivity index (χ1n) is 5.12. The molecule has 5 nitrogen and oxygen atoms in total. The Morgan fingerprint density at radius 3 is 2.68 bits per heavy atom. The number of alkyl halides is 3. The van der Waals surface area contributed by atoms with Crippen LogP contribution in [0.2, 0.25) is 0 Å². The van der Waals surface area contributed by atoms with Crippen LogP contribution in [-0.4, -0.2) is 30.9 Å². The zero-order valence-corrected chi connectivity index (χ0v) is 11.1. The summed E-state index contributed by atoms with van der Waals surface area (Å²) in [6.07, 6.45) is -4.37. The van der Waals surface area contributed by atoms with E-state index in [1.807, 2.05) is 0 Å². The summed E-state index contributed by atoms with van der Waals surface area (Å²) in [4.78, 5) is 10.1. The third-order valence-electron chi connectivity index (χ3n) is 1.98. The first-order valence-corrected chi connectivity index (χ1v) is 5.91. The lowest BCUT2D eigenvalue weighted by atomic mass is 10.2. The van der Waals surface area contributed by atoms with Gasteiger partial charge in [-0.15, -0.1) is 0 Å². The number of benzene rings is 1. The van der Waals surface area contributed by atoms with Crippen LogP contribution in [0, 0.1) is 10.1 Å². The number of ether oxygens (including phenoxy) is 1. The predicted octanol–water partition coefficient (Wildman–Crippen LogP) is 3.35. The van der Waals surface area contributed by atoms with Gasteiger partial charge in [-0.2, -0.15) is 13.2 Å². The average molecular weight is 343 g/mol. The Kier molecular flexibility index (Phi) is 5.55. The van der Waals surface area contributed by atoms with Crippen molar-refractivity contribution >= 4 is 27.3 Å². The molecule has 0 radical (unpaired) electrons. The molecular weight excluding hydrogens is 333 g/mol. The van der Waals surface area contributed by atoms with E-state index in [0.29, 0.717) is 4.47 Å². The maximum absolute atomic E-state index is 11.8. The molecular formula is C10H10BrF3N2O3. The molecule has 106 valence electrons. The minimum Gasteiger partial charge on any atom is -0.377 e. The quantitative estimate of drug-likeness (QED) is 0.489. The highest BCUT2D eigenvalue weighted by Gasteiger charge is 2.27. The van der Waals surface area contributed by atoms with Crippen molar-refractivity contribution in [2.24, 2.45) is 0 Å². The maximum Gasteiger partial charge on any atom is 0.411 e. The van der Waals surface area contributed by atoms with E-state index < -0.39 is 17.7 Å². The number of nitrogens with zero attached hydrogens (tertiary/aromatic N) is 1. The van der Waals surface area contributed by atoms with Crippen LogP contribution >= 0.6 is 15.9 Å². The van der Waals surface area contributed by atoms with Crippen molar-refractivity contribution in [1.82, 2.24) is 0 Å². The van der Waals surface area contributed by atoms with Gasteiger partial charge in [-0.05, 0) is 12.1 Å².